The second-order valence-electron chi connectivity index (χ2n) is 6.21. The molecule has 0 aliphatic carbocycles. The summed E-state index contributed by atoms with van der Waals surface area (Å²) < 4.78 is 36.9. The first-order valence-corrected chi connectivity index (χ1v) is 11.2. The van der Waals surface area contributed by atoms with Crippen LogP contribution in [0.15, 0.2) is 81.1 Å². The Balaban J connectivity index is 1.94. The summed E-state index contributed by atoms with van der Waals surface area (Å²) in [6.07, 6.45) is 1.68. The summed E-state index contributed by atoms with van der Waals surface area (Å²) in [4.78, 5) is 4.49. The Hall–Kier alpha value is -2.64. The van der Waals surface area contributed by atoms with Gasteiger partial charge in [0.05, 0.1) is 16.8 Å². The van der Waals surface area contributed by atoms with Crippen LogP contribution in [0, 0.1) is 6.92 Å². The number of aryl methyl sites for hydroxylation is 1. The van der Waals surface area contributed by atoms with Crippen molar-refractivity contribution < 1.29 is 17.3 Å². The van der Waals surface area contributed by atoms with Crippen LogP contribution in [0.2, 0.25) is 0 Å². The normalized spacial score (nSPS) is 11.6. The number of hydrogen-bond donors (Lipinski definition) is 0. The van der Waals surface area contributed by atoms with Gasteiger partial charge in [-0.2, -0.15) is 8.42 Å². The average molecular weight is 474 g/mol. The molecule has 0 radical (unpaired) electrons. The molecule has 3 aromatic carbocycles. The van der Waals surface area contributed by atoms with Crippen LogP contribution in [-0.2, 0) is 10.1 Å². The molecule has 3 rings (SSSR count). The van der Waals surface area contributed by atoms with Gasteiger partial charge in [0.2, 0.25) is 0 Å². The number of hydrogen-bond acceptors (Lipinski definition) is 5. The second kappa shape index (κ2) is 9.24. The van der Waals surface area contributed by atoms with Crippen molar-refractivity contribution in [3.8, 4) is 11.5 Å². The molecule has 0 bridgehead atoms. The Morgan fingerprint density at radius 3 is 2.38 bits per heavy atom. The molecule has 7 heteroatoms. The summed E-state index contributed by atoms with van der Waals surface area (Å²) in [6.45, 7) is 4.06. The maximum Gasteiger partial charge on any atom is 0.339 e. The van der Waals surface area contributed by atoms with E-state index >= 15 is 0 Å². The molecular weight excluding hydrogens is 454 g/mol. The summed E-state index contributed by atoms with van der Waals surface area (Å²) in [5, 5.41) is 0. The van der Waals surface area contributed by atoms with Crippen LogP contribution in [0.3, 0.4) is 0 Å². The van der Waals surface area contributed by atoms with Gasteiger partial charge in [0.1, 0.15) is 4.90 Å². The first-order chi connectivity index (χ1) is 13.9. The zero-order valence-corrected chi connectivity index (χ0v) is 18.4. The third kappa shape index (κ3) is 5.46. The maximum absolute atomic E-state index is 12.7. The first kappa shape index (κ1) is 21.1. The summed E-state index contributed by atoms with van der Waals surface area (Å²) in [6, 6.07) is 19.4. The minimum Gasteiger partial charge on any atom is -0.490 e. The molecule has 0 saturated heterocycles. The molecule has 0 N–H and O–H groups in total. The van der Waals surface area contributed by atoms with Gasteiger partial charge in [-0.3, -0.25) is 4.99 Å². The lowest BCUT2D eigenvalue weighted by Crippen LogP contribution is -2.11. The van der Waals surface area contributed by atoms with E-state index in [4.69, 9.17) is 8.92 Å². The van der Waals surface area contributed by atoms with Crippen molar-refractivity contribution in [1.29, 1.82) is 0 Å². The van der Waals surface area contributed by atoms with Crippen molar-refractivity contribution in [3.05, 3.63) is 82.3 Å². The molecule has 0 aliphatic heterocycles. The van der Waals surface area contributed by atoms with Gasteiger partial charge >= 0.3 is 10.1 Å². The fourth-order valence-electron chi connectivity index (χ4n) is 2.53. The minimum absolute atomic E-state index is 0.0761. The van der Waals surface area contributed by atoms with Crippen LogP contribution in [-0.4, -0.2) is 21.2 Å². The van der Waals surface area contributed by atoms with E-state index in [1.807, 2.05) is 44.2 Å². The summed E-state index contributed by atoms with van der Waals surface area (Å²) in [5.74, 6) is 0.413. The zero-order chi connectivity index (χ0) is 20.9. The highest BCUT2D eigenvalue weighted by molar-refractivity contribution is 9.10. The minimum atomic E-state index is -4.01. The largest absolute Gasteiger partial charge is 0.490 e. The Morgan fingerprint density at radius 2 is 1.72 bits per heavy atom. The predicted octanol–water partition coefficient (Wildman–Crippen LogP) is 5.67. The van der Waals surface area contributed by atoms with Crippen molar-refractivity contribution in [2.75, 3.05) is 6.61 Å². The van der Waals surface area contributed by atoms with Crippen LogP contribution < -0.4 is 8.92 Å². The molecule has 0 atom stereocenters. The summed E-state index contributed by atoms with van der Waals surface area (Å²) >= 11 is 3.40. The monoisotopic (exact) mass is 473 g/mol. The fraction of sp³-hybridized carbons (Fsp3) is 0.136. The van der Waals surface area contributed by atoms with Gasteiger partial charge in [0.25, 0.3) is 0 Å². The van der Waals surface area contributed by atoms with Crippen molar-refractivity contribution in [1.82, 2.24) is 0 Å². The van der Waals surface area contributed by atoms with E-state index in [1.165, 1.54) is 12.1 Å². The fourth-order valence-corrected chi connectivity index (χ4v) is 4.14. The first-order valence-electron chi connectivity index (χ1n) is 8.95. The molecule has 0 fully saturated rings. The number of para-hydroxylation sites is 1. The quantitative estimate of drug-likeness (QED) is 0.327. The van der Waals surface area contributed by atoms with E-state index in [9.17, 15) is 8.42 Å². The third-order valence-electron chi connectivity index (χ3n) is 3.95. The highest BCUT2D eigenvalue weighted by atomic mass is 79.9. The molecule has 0 saturated carbocycles. The molecule has 0 unspecified atom stereocenters. The van der Waals surface area contributed by atoms with E-state index in [1.54, 1.807) is 30.5 Å². The smallest absolute Gasteiger partial charge is 0.339 e. The Labute approximate surface area is 179 Å². The van der Waals surface area contributed by atoms with Gasteiger partial charge in [-0.15, -0.1) is 0 Å². The molecule has 29 heavy (non-hydrogen) atoms. The highest BCUT2D eigenvalue weighted by Gasteiger charge is 2.22. The molecule has 0 heterocycles. The molecule has 3 aromatic rings. The molecule has 0 spiro atoms. The number of rotatable bonds is 7. The third-order valence-corrected chi connectivity index (χ3v) is 5.78. The molecular formula is C22H20BrNO4S. The van der Waals surface area contributed by atoms with Gasteiger partial charge in [-0.25, -0.2) is 0 Å². The van der Waals surface area contributed by atoms with Gasteiger partial charge in [0, 0.05) is 6.21 Å². The number of nitrogens with zero attached hydrogens (tertiary/aromatic N) is 1. The van der Waals surface area contributed by atoms with Crippen LogP contribution in [0.25, 0.3) is 0 Å². The van der Waals surface area contributed by atoms with Crippen molar-refractivity contribution in [2.45, 2.75) is 18.7 Å². The standard InChI is InChI=1S/C22H20BrNO4S/c1-3-27-21-14-17(15-24-18-7-5-4-6-8-18)13-20(23)22(21)28-29(25,26)19-11-9-16(2)10-12-19/h4-15H,3H2,1-2H3. The lowest BCUT2D eigenvalue weighted by atomic mass is 10.2. The van der Waals surface area contributed by atoms with Gasteiger partial charge < -0.3 is 8.92 Å². The Morgan fingerprint density at radius 1 is 1.03 bits per heavy atom. The number of aliphatic imine (C=N–C) groups is 1. The highest BCUT2D eigenvalue weighted by Crippen LogP contribution is 2.38. The molecule has 0 aliphatic rings. The number of benzene rings is 3. The van der Waals surface area contributed by atoms with Gasteiger partial charge in [-0.1, -0.05) is 35.9 Å². The molecule has 5 nitrogen and oxygen atoms in total. The van der Waals surface area contributed by atoms with Crippen molar-refractivity contribution in [2.24, 2.45) is 4.99 Å². The molecule has 0 amide bonds. The summed E-state index contributed by atoms with van der Waals surface area (Å²) in [7, 11) is -4.01. The maximum atomic E-state index is 12.7. The number of halogens is 1. The van der Waals surface area contributed by atoms with Crippen LogP contribution in [0.4, 0.5) is 5.69 Å². The zero-order valence-electron chi connectivity index (χ0n) is 16.0. The topological polar surface area (TPSA) is 65.0 Å². The predicted molar refractivity (Wildman–Crippen MR) is 118 cm³/mol. The Kier molecular flexibility index (Phi) is 6.71. The van der Waals surface area contributed by atoms with Crippen LogP contribution >= 0.6 is 15.9 Å². The van der Waals surface area contributed by atoms with Gasteiger partial charge in [-0.05, 0) is 71.7 Å². The lowest BCUT2D eigenvalue weighted by Gasteiger charge is -2.14. The van der Waals surface area contributed by atoms with E-state index < -0.39 is 10.1 Å². The average Bonchev–Trinajstić information content (AvgIpc) is 2.70. The summed E-state index contributed by atoms with van der Waals surface area (Å²) in [5.41, 5.74) is 2.51. The van der Waals surface area contributed by atoms with Crippen LogP contribution in [0.5, 0.6) is 11.5 Å². The lowest BCUT2D eigenvalue weighted by molar-refractivity contribution is 0.327. The van der Waals surface area contributed by atoms with Crippen LogP contribution in [0.1, 0.15) is 18.1 Å². The van der Waals surface area contributed by atoms with Crippen molar-refractivity contribution >= 4 is 38.0 Å². The van der Waals surface area contributed by atoms with E-state index in [0.29, 0.717) is 16.8 Å². The Bertz CT molecular complexity index is 1110. The molecule has 150 valence electrons. The van der Waals surface area contributed by atoms with Gasteiger partial charge in [0.15, 0.2) is 11.5 Å². The van der Waals surface area contributed by atoms with E-state index in [0.717, 1.165) is 16.8 Å². The van der Waals surface area contributed by atoms with Crippen molar-refractivity contribution in [3.63, 3.8) is 0 Å². The second-order valence-corrected chi connectivity index (χ2v) is 8.61. The van der Waals surface area contributed by atoms with E-state index in [-0.39, 0.29) is 10.6 Å². The number of ether oxygens (including phenoxy) is 1. The molecule has 0 aromatic heterocycles. The SMILES string of the molecule is CCOc1cc(C=Nc2ccccc2)cc(Br)c1OS(=O)(=O)c1ccc(C)cc1. The van der Waals surface area contributed by atoms with E-state index in [2.05, 4.69) is 20.9 Å².